The third-order valence-corrected chi connectivity index (χ3v) is 7.44. The van der Waals surface area contributed by atoms with Crippen molar-refractivity contribution in [2.75, 3.05) is 19.6 Å². The fourth-order valence-electron chi connectivity index (χ4n) is 5.64. The number of aliphatic hydroxyl groups is 1. The van der Waals surface area contributed by atoms with Crippen LogP contribution >= 0.6 is 0 Å². The van der Waals surface area contributed by atoms with E-state index in [9.17, 15) is 19.1 Å². The molecule has 1 aliphatic carbocycles. The highest BCUT2D eigenvalue weighted by Gasteiger charge is 2.35. The van der Waals surface area contributed by atoms with E-state index in [0.717, 1.165) is 31.2 Å². The van der Waals surface area contributed by atoms with E-state index in [1.165, 1.54) is 41.7 Å². The molecule has 0 atom stereocenters. The van der Waals surface area contributed by atoms with Crippen LogP contribution in [0.1, 0.15) is 60.8 Å². The Hall–Kier alpha value is -3.35. The molecule has 192 valence electrons. The van der Waals surface area contributed by atoms with Gasteiger partial charge in [-0.3, -0.25) is 9.59 Å². The Morgan fingerprint density at radius 1 is 1.06 bits per heavy atom. The molecule has 0 bridgehead atoms. The number of carbonyl (C=O) groups is 2. The van der Waals surface area contributed by atoms with Crippen LogP contribution in [0.15, 0.2) is 53.9 Å². The zero-order valence-corrected chi connectivity index (χ0v) is 21.2. The first-order valence-corrected chi connectivity index (χ1v) is 12.9. The summed E-state index contributed by atoms with van der Waals surface area (Å²) in [6.45, 7) is 5.51. The van der Waals surface area contributed by atoms with Crippen molar-refractivity contribution in [3.05, 3.63) is 82.0 Å². The van der Waals surface area contributed by atoms with E-state index in [2.05, 4.69) is 42.7 Å². The molecule has 2 aromatic carbocycles. The number of benzene rings is 2. The van der Waals surface area contributed by atoms with Crippen molar-refractivity contribution in [2.24, 2.45) is 0 Å². The molecule has 0 spiro atoms. The molecule has 0 saturated heterocycles. The van der Waals surface area contributed by atoms with Crippen LogP contribution in [0.25, 0.3) is 0 Å². The van der Waals surface area contributed by atoms with E-state index < -0.39 is 17.6 Å². The van der Waals surface area contributed by atoms with Gasteiger partial charge in [-0.25, -0.2) is 4.39 Å². The summed E-state index contributed by atoms with van der Waals surface area (Å²) >= 11 is 0. The molecule has 3 N–H and O–H groups in total. The number of rotatable bonds is 8. The summed E-state index contributed by atoms with van der Waals surface area (Å²) in [5.74, 6) is -2.02. The zero-order chi connectivity index (χ0) is 25.7. The Morgan fingerprint density at radius 2 is 1.72 bits per heavy atom. The van der Waals surface area contributed by atoms with Gasteiger partial charge in [-0.2, -0.15) is 0 Å². The van der Waals surface area contributed by atoms with Gasteiger partial charge >= 0.3 is 0 Å². The summed E-state index contributed by atoms with van der Waals surface area (Å²) in [5.41, 5.74) is 4.76. The van der Waals surface area contributed by atoms with Crippen molar-refractivity contribution in [1.82, 2.24) is 15.5 Å². The molecule has 4 rings (SSSR count). The highest BCUT2D eigenvalue weighted by Crippen LogP contribution is 2.45. The molecule has 6 nitrogen and oxygen atoms in total. The second-order valence-corrected chi connectivity index (χ2v) is 10.2. The zero-order valence-electron chi connectivity index (χ0n) is 21.2. The molecule has 1 fully saturated rings. The highest BCUT2D eigenvalue weighted by atomic mass is 19.1. The second-order valence-electron chi connectivity index (χ2n) is 10.2. The van der Waals surface area contributed by atoms with Gasteiger partial charge in [-0.1, -0.05) is 54.3 Å². The van der Waals surface area contributed by atoms with Crippen molar-refractivity contribution >= 4 is 11.8 Å². The van der Waals surface area contributed by atoms with E-state index >= 15 is 0 Å². The first kappa shape index (κ1) is 25.7. The molecule has 36 heavy (non-hydrogen) atoms. The van der Waals surface area contributed by atoms with Crippen LogP contribution < -0.4 is 10.6 Å². The lowest BCUT2D eigenvalue weighted by molar-refractivity contribution is -0.130. The molecular weight excluding hydrogens is 457 g/mol. The molecule has 1 heterocycles. The van der Waals surface area contributed by atoms with Crippen molar-refractivity contribution < 1.29 is 19.1 Å². The lowest BCUT2D eigenvalue weighted by atomic mass is 9.74. The largest absolute Gasteiger partial charge is 0.501 e. The van der Waals surface area contributed by atoms with Crippen LogP contribution in [-0.4, -0.2) is 41.5 Å². The van der Waals surface area contributed by atoms with Gasteiger partial charge in [0.25, 0.3) is 11.8 Å². The van der Waals surface area contributed by atoms with Gasteiger partial charge in [0.1, 0.15) is 11.5 Å². The minimum atomic E-state index is -0.658. The lowest BCUT2D eigenvalue weighted by Gasteiger charge is -2.31. The average molecular weight is 494 g/mol. The summed E-state index contributed by atoms with van der Waals surface area (Å²) in [4.78, 5) is 27.2. The van der Waals surface area contributed by atoms with Crippen LogP contribution in [0, 0.1) is 19.7 Å². The second kappa shape index (κ2) is 11.1. The first-order valence-electron chi connectivity index (χ1n) is 12.9. The topological polar surface area (TPSA) is 81.7 Å². The standard InChI is InChI=1S/C29H36FN3O3/c1-20-16-21(2)18-23(17-20)29(10-3-4-11-29)12-5-13-31-25-26(34)27(35)32-14-15-33(28(25)36)19-22-6-8-24(30)9-7-22/h6-9,16-18,31,34H,3-5,10-15,19H2,1-2H3,(H,32,35)/b26-25+. The average Bonchev–Trinajstić information content (AvgIpc) is 3.33. The van der Waals surface area contributed by atoms with E-state index in [4.69, 9.17) is 0 Å². The number of nitrogens with one attached hydrogen (secondary N) is 2. The predicted molar refractivity (Wildman–Crippen MR) is 138 cm³/mol. The maximum absolute atomic E-state index is 13.3. The van der Waals surface area contributed by atoms with Gasteiger partial charge in [-0.05, 0) is 68.2 Å². The number of halogens is 1. The molecule has 1 aliphatic heterocycles. The molecule has 0 radical (unpaired) electrons. The van der Waals surface area contributed by atoms with Crippen LogP contribution in [0.4, 0.5) is 4.39 Å². The first-order chi connectivity index (χ1) is 17.3. The fraction of sp³-hybridized carbons (Fsp3) is 0.448. The van der Waals surface area contributed by atoms with Gasteiger partial charge in [0.15, 0.2) is 0 Å². The van der Waals surface area contributed by atoms with Gasteiger partial charge in [-0.15, -0.1) is 0 Å². The Morgan fingerprint density at radius 3 is 2.39 bits per heavy atom. The van der Waals surface area contributed by atoms with Crippen molar-refractivity contribution in [3.8, 4) is 0 Å². The molecule has 2 amide bonds. The Bertz CT molecular complexity index is 1120. The minimum absolute atomic E-state index is 0.0822. The summed E-state index contributed by atoms with van der Waals surface area (Å²) < 4.78 is 13.3. The number of aryl methyl sites for hydroxylation is 2. The Labute approximate surface area is 212 Å². The van der Waals surface area contributed by atoms with Crippen LogP contribution in [0.3, 0.4) is 0 Å². The van der Waals surface area contributed by atoms with Gasteiger partial charge < -0.3 is 20.6 Å². The number of nitrogens with zero attached hydrogens (tertiary/aromatic N) is 1. The van der Waals surface area contributed by atoms with Crippen molar-refractivity contribution in [2.45, 2.75) is 64.3 Å². The fourth-order valence-corrected chi connectivity index (χ4v) is 5.64. The summed E-state index contributed by atoms with van der Waals surface area (Å²) in [5, 5.41) is 16.3. The monoisotopic (exact) mass is 493 g/mol. The number of amides is 2. The van der Waals surface area contributed by atoms with E-state index in [-0.39, 0.29) is 36.6 Å². The predicted octanol–water partition coefficient (Wildman–Crippen LogP) is 4.55. The normalized spacial score (nSPS) is 20.1. The van der Waals surface area contributed by atoms with Gasteiger partial charge in [0.05, 0.1) is 0 Å². The maximum atomic E-state index is 13.3. The Balaban J connectivity index is 1.45. The van der Waals surface area contributed by atoms with E-state index in [0.29, 0.717) is 6.54 Å². The summed E-state index contributed by atoms with van der Waals surface area (Å²) in [6, 6.07) is 12.8. The quantitative estimate of drug-likeness (QED) is 0.471. The summed E-state index contributed by atoms with van der Waals surface area (Å²) in [7, 11) is 0. The summed E-state index contributed by atoms with van der Waals surface area (Å²) in [6.07, 6.45) is 6.49. The van der Waals surface area contributed by atoms with Crippen LogP contribution in [0.2, 0.25) is 0 Å². The molecular formula is C29H36FN3O3. The third-order valence-electron chi connectivity index (χ3n) is 7.44. The number of carbonyl (C=O) groups excluding carboxylic acids is 2. The molecule has 1 saturated carbocycles. The number of hydrogen-bond acceptors (Lipinski definition) is 4. The van der Waals surface area contributed by atoms with Crippen molar-refractivity contribution in [3.63, 3.8) is 0 Å². The van der Waals surface area contributed by atoms with Crippen molar-refractivity contribution in [1.29, 1.82) is 0 Å². The van der Waals surface area contributed by atoms with Crippen LogP contribution in [-0.2, 0) is 21.5 Å². The number of hydrogen-bond donors (Lipinski definition) is 3. The lowest BCUT2D eigenvalue weighted by Crippen LogP contribution is -2.46. The van der Waals surface area contributed by atoms with Gasteiger partial charge in [0.2, 0.25) is 5.76 Å². The smallest absolute Gasteiger partial charge is 0.288 e. The molecule has 0 unspecified atom stereocenters. The maximum Gasteiger partial charge on any atom is 0.288 e. The molecule has 2 aromatic rings. The van der Waals surface area contributed by atoms with E-state index in [1.54, 1.807) is 17.0 Å². The molecule has 7 heteroatoms. The highest BCUT2D eigenvalue weighted by molar-refractivity contribution is 6.03. The third kappa shape index (κ3) is 5.89. The molecule has 0 aromatic heterocycles. The van der Waals surface area contributed by atoms with Gasteiger partial charge in [0, 0.05) is 26.2 Å². The Kier molecular flexibility index (Phi) is 7.97. The minimum Gasteiger partial charge on any atom is -0.501 e. The SMILES string of the molecule is Cc1cc(C)cc(C2(CCCN/C3=C(/O)C(=O)NCCN(Cc4ccc(F)cc4)C3=O)CCCC2)c1. The number of aliphatic hydroxyl groups excluding tert-OH is 1. The van der Waals surface area contributed by atoms with Crippen LogP contribution in [0.5, 0.6) is 0 Å². The van der Waals surface area contributed by atoms with E-state index in [1.807, 2.05) is 0 Å². The molecule has 2 aliphatic rings.